The number of hydrogen-bond donors (Lipinski definition) is 2. The van der Waals surface area contributed by atoms with E-state index in [9.17, 15) is 0 Å². The van der Waals surface area contributed by atoms with Crippen LogP contribution in [0.15, 0.2) is 0 Å². The first-order valence-electron chi connectivity index (χ1n) is 2.55. The third-order valence-electron chi connectivity index (χ3n) is 1.35. The maximum absolute atomic E-state index is 8.64. The highest BCUT2D eigenvalue weighted by Gasteiger charge is 2.37. The van der Waals surface area contributed by atoms with Crippen molar-refractivity contribution in [3.63, 3.8) is 0 Å². The summed E-state index contributed by atoms with van der Waals surface area (Å²) >= 11 is 0. The van der Waals surface area contributed by atoms with Gasteiger partial charge in [-0.15, -0.1) is 0 Å². The van der Waals surface area contributed by atoms with E-state index >= 15 is 0 Å². The second kappa shape index (κ2) is 1.20. The lowest BCUT2D eigenvalue weighted by molar-refractivity contribution is -0.231. The first kappa shape index (κ1) is 5.06. The van der Waals surface area contributed by atoms with Crippen molar-refractivity contribution in [2.45, 2.75) is 25.6 Å². The predicted octanol–water partition coefficient (Wildman–Crippen LogP) is 0.0972. The second-order valence-electron chi connectivity index (χ2n) is 2.50. The highest BCUT2D eigenvalue weighted by Crippen LogP contribution is 2.34. The second-order valence-corrected chi connectivity index (χ2v) is 2.50. The molecule has 1 aliphatic carbocycles. The normalized spacial score (nSPS) is 29.6. The van der Waals surface area contributed by atoms with Crippen LogP contribution in [0.2, 0.25) is 0 Å². The molecule has 1 rings (SSSR count). The fraction of sp³-hybridized carbons (Fsp3) is 1.00. The SMILES string of the molecule is CC1CC(O)(O)C1. The molecule has 1 fully saturated rings. The van der Waals surface area contributed by atoms with Crippen LogP contribution in [0.25, 0.3) is 0 Å². The van der Waals surface area contributed by atoms with E-state index < -0.39 is 5.79 Å². The Morgan fingerprint density at radius 2 is 1.86 bits per heavy atom. The summed E-state index contributed by atoms with van der Waals surface area (Å²) in [7, 11) is 0. The maximum atomic E-state index is 8.64. The molecule has 1 aliphatic rings. The Hall–Kier alpha value is -0.0800. The highest BCUT2D eigenvalue weighted by atomic mass is 16.5. The summed E-state index contributed by atoms with van der Waals surface area (Å²) in [5.74, 6) is -0.797. The Kier molecular flexibility index (Phi) is 0.869. The zero-order valence-corrected chi connectivity index (χ0v) is 4.39. The highest BCUT2D eigenvalue weighted by molar-refractivity contribution is 4.81. The van der Waals surface area contributed by atoms with Crippen LogP contribution in [0, 0.1) is 5.92 Å². The van der Waals surface area contributed by atoms with Crippen LogP contribution < -0.4 is 0 Å². The van der Waals surface area contributed by atoms with Gasteiger partial charge in [-0.2, -0.15) is 0 Å². The molecule has 0 bridgehead atoms. The molecule has 0 saturated heterocycles. The van der Waals surface area contributed by atoms with Crippen molar-refractivity contribution in [3.05, 3.63) is 0 Å². The van der Waals surface area contributed by atoms with Crippen molar-refractivity contribution < 1.29 is 10.2 Å². The quantitative estimate of drug-likeness (QED) is 0.426. The fourth-order valence-corrected chi connectivity index (χ4v) is 1.06. The molecule has 0 spiro atoms. The van der Waals surface area contributed by atoms with Crippen LogP contribution in [-0.4, -0.2) is 16.0 Å². The summed E-state index contributed by atoms with van der Waals surface area (Å²) in [6.45, 7) is 2.00. The van der Waals surface area contributed by atoms with Crippen molar-refractivity contribution >= 4 is 0 Å². The Labute approximate surface area is 42.8 Å². The van der Waals surface area contributed by atoms with Crippen LogP contribution in [0.3, 0.4) is 0 Å². The summed E-state index contributed by atoms with van der Waals surface area (Å²) in [5, 5.41) is 17.3. The molecule has 2 N–H and O–H groups in total. The van der Waals surface area contributed by atoms with Gasteiger partial charge < -0.3 is 10.2 Å². The molecule has 1 saturated carbocycles. The van der Waals surface area contributed by atoms with Crippen LogP contribution in [0.4, 0.5) is 0 Å². The number of hydrogen-bond acceptors (Lipinski definition) is 2. The molecule has 0 aromatic heterocycles. The van der Waals surface area contributed by atoms with Gasteiger partial charge in [0.1, 0.15) is 0 Å². The molecule has 0 radical (unpaired) electrons. The van der Waals surface area contributed by atoms with Gasteiger partial charge >= 0.3 is 0 Å². The van der Waals surface area contributed by atoms with Crippen molar-refractivity contribution in [3.8, 4) is 0 Å². The molecule has 0 heterocycles. The first-order chi connectivity index (χ1) is 3.10. The molecule has 0 aliphatic heterocycles. The molecule has 7 heavy (non-hydrogen) atoms. The summed E-state index contributed by atoms with van der Waals surface area (Å²) in [6, 6.07) is 0. The van der Waals surface area contributed by atoms with E-state index in [-0.39, 0.29) is 0 Å². The average molecular weight is 102 g/mol. The molecule has 0 unspecified atom stereocenters. The van der Waals surface area contributed by atoms with E-state index in [2.05, 4.69) is 0 Å². The van der Waals surface area contributed by atoms with E-state index in [1.54, 1.807) is 0 Å². The summed E-state index contributed by atoms with van der Waals surface area (Å²) < 4.78 is 0. The monoisotopic (exact) mass is 102 g/mol. The molecule has 0 amide bonds. The average Bonchev–Trinajstić information content (AvgIpc) is 1.27. The Bertz CT molecular complexity index is 70.1. The van der Waals surface area contributed by atoms with Gasteiger partial charge in [-0.25, -0.2) is 0 Å². The lowest BCUT2D eigenvalue weighted by Crippen LogP contribution is -2.41. The predicted molar refractivity (Wildman–Crippen MR) is 25.6 cm³/mol. The van der Waals surface area contributed by atoms with Crippen LogP contribution in [0.1, 0.15) is 19.8 Å². The van der Waals surface area contributed by atoms with Gasteiger partial charge in [0.2, 0.25) is 0 Å². The standard InChI is InChI=1S/C5H10O2/c1-4-2-5(6,7)3-4/h4,6-7H,2-3H2,1H3. The van der Waals surface area contributed by atoms with Gasteiger partial charge in [-0.05, 0) is 5.92 Å². The van der Waals surface area contributed by atoms with Crippen molar-refractivity contribution in [1.82, 2.24) is 0 Å². The van der Waals surface area contributed by atoms with Crippen molar-refractivity contribution in [1.29, 1.82) is 0 Å². The van der Waals surface area contributed by atoms with Crippen LogP contribution in [-0.2, 0) is 0 Å². The van der Waals surface area contributed by atoms with Gasteiger partial charge in [-0.3, -0.25) is 0 Å². The minimum absolute atomic E-state index is 0.509. The number of aliphatic hydroxyl groups is 2. The van der Waals surface area contributed by atoms with Crippen LogP contribution in [0.5, 0.6) is 0 Å². The van der Waals surface area contributed by atoms with Gasteiger partial charge in [-0.1, -0.05) is 6.92 Å². The minimum Gasteiger partial charge on any atom is -0.366 e. The van der Waals surface area contributed by atoms with Gasteiger partial charge in [0.15, 0.2) is 5.79 Å². The van der Waals surface area contributed by atoms with E-state index in [1.807, 2.05) is 6.92 Å². The number of rotatable bonds is 0. The zero-order valence-electron chi connectivity index (χ0n) is 4.39. The molecule has 42 valence electrons. The molecule has 2 heteroatoms. The smallest absolute Gasteiger partial charge is 0.163 e. The minimum atomic E-state index is -1.31. The van der Waals surface area contributed by atoms with Crippen LogP contribution >= 0.6 is 0 Å². The summed E-state index contributed by atoms with van der Waals surface area (Å²) in [6.07, 6.45) is 1.10. The lowest BCUT2D eigenvalue weighted by atomic mass is 9.81. The van der Waals surface area contributed by atoms with Gasteiger partial charge in [0.25, 0.3) is 0 Å². The molecular weight excluding hydrogens is 92.1 g/mol. The van der Waals surface area contributed by atoms with E-state index in [0.717, 1.165) is 0 Å². The van der Waals surface area contributed by atoms with E-state index in [1.165, 1.54) is 0 Å². The molecular formula is C5H10O2. The molecule has 0 aromatic carbocycles. The Balaban J connectivity index is 2.29. The molecule has 0 aromatic rings. The summed E-state index contributed by atoms with van der Waals surface area (Å²) in [4.78, 5) is 0. The topological polar surface area (TPSA) is 40.5 Å². The summed E-state index contributed by atoms with van der Waals surface area (Å²) in [5.41, 5.74) is 0. The third-order valence-corrected chi connectivity index (χ3v) is 1.35. The fourth-order valence-electron chi connectivity index (χ4n) is 1.06. The molecule has 0 atom stereocenters. The maximum Gasteiger partial charge on any atom is 0.163 e. The van der Waals surface area contributed by atoms with Crippen molar-refractivity contribution in [2.24, 2.45) is 5.92 Å². The van der Waals surface area contributed by atoms with E-state index in [4.69, 9.17) is 10.2 Å². The van der Waals surface area contributed by atoms with Gasteiger partial charge in [0.05, 0.1) is 0 Å². The largest absolute Gasteiger partial charge is 0.366 e. The van der Waals surface area contributed by atoms with Gasteiger partial charge in [0, 0.05) is 12.8 Å². The third kappa shape index (κ3) is 0.924. The first-order valence-corrected chi connectivity index (χ1v) is 2.55. The zero-order chi connectivity index (χ0) is 5.49. The van der Waals surface area contributed by atoms with Crippen molar-refractivity contribution in [2.75, 3.05) is 0 Å². The van der Waals surface area contributed by atoms with E-state index in [0.29, 0.717) is 18.8 Å². The Morgan fingerprint density at radius 3 is 1.86 bits per heavy atom. The Morgan fingerprint density at radius 1 is 1.43 bits per heavy atom. The molecule has 2 nitrogen and oxygen atoms in total. The lowest BCUT2D eigenvalue weighted by Gasteiger charge is -2.36.